The van der Waals surface area contributed by atoms with Crippen LogP contribution < -0.4 is 20.9 Å². The van der Waals surface area contributed by atoms with Crippen LogP contribution in [0, 0.1) is 19.7 Å². The van der Waals surface area contributed by atoms with Crippen LogP contribution in [0.15, 0.2) is 55.0 Å². The van der Waals surface area contributed by atoms with E-state index in [1.54, 1.807) is 44.5 Å². The molecule has 0 saturated carbocycles. The van der Waals surface area contributed by atoms with Crippen LogP contribution in [0.3, 0.4) is 0 Å². The minimum Gasteiger partial charge on any atom is -0.496 e. The van der Waals surface area contributed by atoms with Crippen molar-refractivity contribution in [1.82, 2.24) is 24.5 Å². The molecule has 35 heavy (non-hydrogen) atoms. The number of nitrogens with zero attached hydrogens (tertiary/aromatic N) is 5. The number of methoxy groups -OCH3 is 1. The SMILES string of the molecule is COc1cc(N)ccc1-c1c(C)c2ncnc(N)c2n1-c1ccc(Oc2nccc(C)n2)c(F)c1. The van der Waals surface area contributed by atoms with Gasteiger partial charge in [0.1, 0.15) is 17.6 Å². The standard InChI is InChI=1S/C25H22FN7O2/c1-13-8-9-29-25(32-13)35-19-7-5-16(11-18(19)26)33-22(17-6-4-15(27)10-20(17)34-3)14(2)21-23(33)24(28)31-12-30-21/h4-12H,27H2,1-3H3,(H2,28,30,31). The third-order valence-electron chi connectivity index (χ3n) is 5.64. The summed E-state index contributed by atoms with van der Waals surface area (Å²) < 4.78 is 28.2. The monoisotopic (exact) mass is 471 g/mol. The van der Waals surface area contributed by atoms with Gasteiger partial charge in [-0.25, -0.2) is 24.3 Å². The fraction of sp³-hybridized carbons (Fsp3) is 0.120. The van der Waals surface area contributed by atoms with Gasteiger partial charge in [0.2, 0.25) is 0 Å². The van der Waals surface area contributed by atoms with Gasteiger partial charge < -0.3 is 25.5 Å². The van der Waals surface area contributed by atoms with Gasteiger partial charge in [-0.3, -0.25) is 0 Å². The molecule has 0 bridgehead atoms. The minimum atomic E-state index is -0.599. The molecule has 0 spiro atoms. The Morgan fingerprint density at radius 2 is 1.77 bits per heavy atom. The molecular weight excluding hydrogens is 449 g/mol. The highest BCUT2D eigenvalue weighted by Gasteiger charge is 2.24. The number of benzene rings is 2. The number of hydrogen-bond donors (Lipinski definition) is 2. The average molecular weight is 471 g/mol. The van der Waals surface area contributed by atoms with E-state index < -0.39 is 5.82 Å². The maximum absolute atomic E-state index is 15.3. The topological polar surface area (TPSA) is 127 Å². The fourth-order valence-electron chi connectivity index (χ4n) is 4.05. The number of rotatable bonds is 5. The molecule has 3 heterocycles. The summed E-state index contributed by atoms with van der Waals surface area (Å²) in [6.07, 6.45) is 2.95. The first kappa shape index (κ1) is 22.1. The normalized spacial score (nSPS) is 11.1. The molecule has 176 valence electrons. The number of aryl methyl sites for hydroxylation is 2. The number of nitrogens with two attached hydrogens (primary N) is 2. The van der Waals surface area contributed by atoms with Gasteiger partial charge in [0.15, 0.2) is 17.4 Å². The summed E-state index contributed by atoms with van der Waals surface area (Å²) >= 11 is 0. The fourth-order valence-corrected chi connectivity index (χ4v) is 4.05. The first-order chi connectivity index (χ1) is 16.9. The number of anilines is 2. The Morgan fingerprint density at radius 3 is 2.51 bits per heavy atom. The molecule has 0 unspecified atom stereocenters. The summed E-state index contributed by atoms with van der Waals surface area (Å²) in [7, 11) is 1.56. The molecular formula is C25H22FN7O2. The number of halogens is 1. The van der Waals surface area contributed by atoms with Crippen molar-refractivity contribution in [2.75, 3.05) is 18.6 Å². The van der Waals surface area contributed by atoms with Gasteiger partial charge in [-0.05, 0) is 44.2 Å². The Morgan fingerprint density at radius 1 is 0.943 bits per heavy atom. The molecule has 0 saturated heterocycles. The second-order valence-corrected chi connectivity index (χ2v) is 7.92. The van der Waals surface area contributed by atoms with E-state index in [0.29, 0.717) is 33.9 Å². The number of hydrogen-bond acceptors (Lipinski definition) is 8. The number of ether oxygens (including phenoxy) is 2. The lowest BCUT2D eigenvalue weighted by atomic mass is 10.1. The van der Waals surface area contributed by atoms with Crippen LogP contribution in [-0.4, -0.2) is 31.6 Å². The van der Waals surface area contributed by atoms with Crippen molar-refractivity contribution in [2.45, 2.75) is 13.8 Å². The molecule has 0 atom stereocenters. The van der Waals surface area contributed by atoms with Crippen molar-refractivity contribution in [3.8, 4) is 34.5 Å². The van der Waals surface area contributed by atoms with Gasteiger partial charge in [-0.15, -0.1) is 0 Å². The Hall–Kier alpha value is -4.73. The van der Waals surface area contributed by atoms with E-state index >= 15 is 4.39 Å². The summed E-state index contributed by atoms with van der Waals surface area (Å²) in [6, 6.07) is 11.7. The predicted octanol–water partition coefficient (Wildman–Crippen LogP) is 4.60. The summed E-state index contributed by atoms with van der Waals surface area (Å²) in [5.41, 5.74) is 17.5. The maximum Gasteiger partial charge on any atom is 0.322 e. The highest BCUT2D eigenvalue weighted by molar-refractivity contribution is 5.97. The van der Waals surface area contributed by atoms with E-state index in [2.05, 4.69) is 19.9 Å². The minimum absolute atomic E-state index is 0.0108. The van der Waals surface area contributed by atoms with Crippen molar-refractivity contribution in [2.24, 2.45) is 0 Å². The zero-order chi connectivity index (χ0) is 24.7. The summed E-state index contributed by atoms with van der Waals surface area (Å²) in [4.78, 5) is 16.8. The van der Waals surface area contributed by atoms with E-state index in [1.165, 1.54) is 18.5 Å². The molecule has 9 nitrogen and oxygen atoms in total. The van der Waals surface area contributed by atoms with Crippen molar-refractivity contribution in [3.05, 3.63) is 72.1 Å². The third kappa shape index (κ3) is 3.84. The second-order valence-electron chi connectivity index (χ2n) is 7.92. The largest absolute Gasteiger partial charge is 0.496 e. The van der Waals surface area contributed by atoms with E-state index in [-0.39, 0.29) is 17.6 Å². The lowest BCUT2D eigenvalue weighted by Crippen LogP contribution is -2.03. The van der Waals surface area contributed by atoms with Crippen molar-refractivity contribution in [1.29, 1.82) is 0 Å². The Kier molecular flexibility index (Phi) is 5.40. The highest BCUT2D eigenvalue weighted by Crippen LogP contribution is 2.41. The molecule has 0 aliphatic rings. The molecule has 2 aromatic carbocycles. The number of aromatic nitrogens is 5. The molecule has 5 aromatic rings. The molecule has 0 aliphatic carbocycles. The van der Waals surface area contributed by atoms with Crippen LogP contribution in [-0.2, 0) is 0 Å². The lowest BCUT2D eigenvalue weighted by Gasteiger charge is -2.16. The van der Waals surface area contributed by atoms with E-state index in [4.69, 9.17) is 20.9 Å². The van der Waals surface area contributed by atoms with Crippen LogP contribution in [0.2, 0.25) is 0 Å². The first-order valence-electron chi connectivity index (χ1n) is 10.7. The predicted molar refractivity (Wildman–Crippen MR) is 131 cm³/mol. The molecule has 10 heteroatoms. The zero-order valence-electron chi connectivity index (χ0n) is 19.3. The first-order valence-corrected chi connectivity index (χ1v) is 10.7. The van der Waals surface area contributed by atoms with E-state index in [1.807, 2.05) is 17.6 Å². The Labute approximate surface area is 200 Å². The number of fused-ring (bicyclic) bond motifs is 1. The van der Waals surface area contributed by atoms with Crippen LogP contribution in [0.4, 0.5) is 15.9 Å². The second kappa shape index (κ2) is 8.56. The Balaban J connectivity index is 1.72. The molecule has 4 N–H and O–H groups in total. The molecule has 5 rings (SSSR count). The highest BCUT2D eigenvalue weighted by atomic mass is 19.1. The van der Waals surface area contributed by atoms with Crippen LogP contribution in [0.25, 0.3) is 28.0 Å². The third-order valence-corrected chi connectivity index (χ3v) is 5.64. The van der Waals surface area contributed by atoms with Crippen molar-refractivity contribution in [3.63, 3.8) is 0 Å². The van der Waals surface area contributed by atoms with Gasteiger partial charge in [-0.2, -0.15) is 0 Å². The number of nitrogen functional groups attached to an aromatic ring is 2. The van der Waals surface area contributed by atoms with E-state index in [9.17, 15) is 0 Å². The summed E-state index contributed by atoms with van der Waals surface area (Å²) in [5, 5.41) is 0. The average Bonchev–Trinajstić information content (AvgIpc) is 3.14. The van der Waals surface area contributed by atoms with Gasteiger partial charge in [0.25, 0.3) is 0 Å². The molecule has 0 amide bonds. The molecule has 0 aliphatic heterocycles. The summed E-state index contributed by atoms with van der Waals surface area (Å²) in [5.74, 6) is 0.203. The van der Waals surface area contributed by atoms with Crippen LogP contribution in [0.1, 0.15) is 11.3 Å². The van der Waals surface area contributed by atoms with E-state index in [0.717, 1.165) is 16.8 Å². The maximum atomic E-state index is 15.3. The van der Waals surface area contributed by atoms with Crippen molar-refractivity contribution < 1.29 is 13.9 Å². The molecule has 3 aromatic heterocycles. The quantitative estimate of drug-likeness (QED) is 0.356. The van der Waals surface area contributed by atoms with Crippen molar-refractivity contribution >= 4 is 22.5 Å². The lowest BCUT2D eigenvalue weighted by molar-refractivity contribution is 0.410. The molecule has 0 fully saturated rings. The van der Waals surface area contributed by atoms with Gasteiger partial charge in [0.05, 0.1) is 18.3 Å². The summed E-state index contributed by atoms with van der Waals surface area (Å²) in [6.45, 7) is 3.71. The zero-order valence-corrected chi connectivity index (χ0v) is 19.3. The van der Waals surface area contributed by atoms with Crippen LogP contribution in [0.5, 0.6) is 17.5 Å². The smallest absolute Gasteiger partial charge is 0.322 e. The molecule has 0 radical (unpaired) electrons. The Bertz CT molecular complexity index is 1580. The van der Waals surface area contributed by atoms with Gasteiger partial charge in [-0.1, -0.05) is 0 Å². The van der Waals surface area contributed by atoms with Crippen LogP contribution >= 0.6 is 0 Å². The van der Waals surface area contributed by atoms with Gasteiger partial charge in [0, 0.05) is 46.5 Å². The van der Waals surface area contributed by atoms with Gasteiger partial charge >= 0.3 is 6.01 Å².